The molecule has 1 aliphatic rings. The summed E-state index contributed by atoms with van der Waals surface area (Å²) in [6, 6.07) is 5.32. The Hall–Kier alpha value is -1.55. The number of ether oxygens (including phenoxy) is 3. The molecule has 0 saturated heterocycles. The van der Waals surface area contributed by atoms with Crippen molar-refractivity contribution in [2.75, 3.05) is 7.11 Å². The monoisotopic (exact) mass is 222 g/mol. The fraction of sp³-hybridized carbons (Fsp3) is 0.417. The van der Waals surface area contributed by atoms with Crippen LogP contribution in [0.2, 0.25) is 0 Å². The van der Waals surface area contributed by atoms with Gasteiger partial charge < -0.3 is 14.2 Å². The molecular weight excluding hydrogens is 208 g/mol. The van der Waals surface area contributed by atoms with Gasteiger partial charge in [0.05, 0.1) is 18.8 Å². The molecule has 86 valence electrons. The molecule has 0 radical (unpaired) electrons. The minimum atomic E-state index is -0.370. The van der Waals surface area contributed by atoms with Gasteiger partial charge in [0, 0.05) is 5.56 Å². The van der Waals surface area contributed by atoms with Crippen molar-refractivity contribution in [3.63, 3.8) is 0 Å². The summed E-state index contributed by atoms with van der Waals surface area (Å²) >= 11 is 0. The zero-order valence-electron chi connectivity index (χ0n) is 9.52. The van der Waals surface area contributed by atoms with Crippen LogP contribution in [0.5, 0.6) is 5.75 Å². The van der Waals surface area contributed by atoms with E-state index >= 15 is 0 Å². The van der Waals surface area contributed by atoms with Gasteiger partial charge in [-0.1, -0.05) is 6.07 Å². The lowest BCUT2D eigenvalue weighted by Crippen LogP contribution is -2.26. The van der Waals surface area contributed by atoms with Crippen LogP contribution in [-0.2, 0) is 9.47 Å². The van der Waals surface area contributed by atoms with Gasteiger partial charge in [-0.05, 0) is 26.0 Å². The van der Waals surface area contributed by atoms with E-state index in [0.29, 0.717) is 11.3 Å². The first-order valence-corrected chi connectivity index (χ1v) is 5.17. The number of hydrogen-bond acceptors (Lipinski definition) is 4. The summed E-state index contributed by atoms with van der Waals surface area (Å²) < 4.78 is 15.8. The van der Waals surface area contributed by atoms with Crippen molar-refractivity contribution in [2.45, 2.75) is 26.2 Å². The highest BCUT2D eigenvalue weighted by atomic mass is 16.7. The molecule has 4 heteroatoms. The Labute approximate surface area is 94.1 Å². The molecule has 0 fully saturated rings. The minimum absolute atomic E-state index is 0.172. The third kappa shape index (κ3) is 1.76. The van der Waals surface area contributed by atoms with Crippen molar-refractivity contribution in [1.82, 2.24) is 0 Å². The summed E-state index contributed by atoms with van der Waals surface area (Å²) in [5.41, 5.74) is 1.26. The minimum Gasteiger partial charge on any atom is -0.465 e. The van der Waals surface area contributed by atoms with E-state index in [1.54, 1.807) is 12.1 Å². The van der Waals surface area contributed by atoms with E-state index in [0.717, 1.165) is 5.56 Å². The van der Waals surface area contributed by atoms with Gasteiger partial charge in [0.1, 0.15) is 5.75 Å². The van der Waals surface area contributed by atoms with Crippen molar-refractivity contribution in [3.8, 4) is 5.75 Å². The standard InChI is InChI=1S/C12H14O4/c1-7-11-9(12(13)14-3)5-4-6-10(11)16-8(2)15-7/h4-8H,1-3H3. The molecule has 0 N–H and O–H groups in total. The molecular formula is C12H14O4. The van der Waals surface area contributed by atoms with Crippen molar-refractivity contribution >= 4 is 5.97 Å². The molecule has 1 aliphatic heterocycles. The first-order valence-electron chi connectivity index (χ1n) is 5.17. The van der Waals surface area contributed by atoms with Crippen LogP contribution in [0.3, 0.4) is 0 Å². The van der Waals surface area contributed by atoms with E-state index < -0.39 is 0 Å². The number of benzene rings is 1. The molecule has 1 aromatic rings. The Morgan fingerprint density at radius 2 is 2.12 bits per heavy atom. The van der Waals surface area contributed by atoms with Crippen LogP contribution in [0.25, 0.3) is 0 Å². The van der Waals surface area contributed by atoms with Gasteiger partial charge in [-0.3, -0.25) is 0 Å². The molecule has 0 bridgehead atoms. The van der Waals surface area contributed by atoms with E-state index in [9.17, 15) is 4.79 Å². The first kappa shape index (κ1) is 11.0. The van der Waals surface area contributed by atoms with E-state index in [-0.39, 0.29) is 18.4 Å². The summed E-state index contributed by atoms with van der Waals surface area (Å²) in [6.07, 6.45) is -0.468. The average Bonchev–Trinajstić information content (AvgIpc) is 2.26. The van der Waals surface area contributed by atoms with Crippen molar-refractivity contribution in [2.24, 2.45) is 0 Å². The van der Waals surface area contributed by atoms with E-state index in [1.807, 2.05) is 19.9 Å². The second-order valence-corrected chi connectivity index (χ2v) is 3.67. The quantitative estimate of drug-likeness (QED) is 0.684. The highest BCUT2D eigenvalue weighted by Gasteiger charge is 2.28. The Morgan fingerprint density at radius 1 is 1.38 bits per heavy atom. The van der Waals surface area contributed by atoms with Crippen LogP contribution >= 0.6 is 0 Å². The second kappa shape index (κ2) is 4.14. The van der Waals surface area contributed by atoms with Crippen LogP contribution < -0.4 is 4.74 Å². The molecule has 0 saturated carbocycles. The van der Waals surface area contributed by atoms with Crippen LogP contribution in [0, 0.1) is 0 Å². The molecule has 0 aliphatic carbocycles. The Kier molecular flexibility index (Phi) is 2.83. The third-order valence-electron chi connectivity index (χ3n) is 2.57. The van der Waals surface area contributed by atoms with Gasteiger partial charge in [-0.2, -0.15) is 0 Å². The van der Waals surface area contributed by atoms with Crippen LogP contribution in [0.15, 0.2) is 18.2 Å². The lowest BCUT2D eigenvalue weighted by atomic mass is 10.0. The second-order valence-electron chi connectivity index (χ2n) is 3.67. The fourth-order valence-corrected chi connectivity index (χ4v) is 1.92. The average molecular weight is 222 g/mol. The van der Waals surface area contributed by atoms with Crippen molar-refractivity contribution < 1.29 is 19.0 Å². The molecule has 2 rings (SSSR count). The highest BCUT2D eigenvalue weighted by molar-refractivity contribution is 5.92. The summed E-state index contributed by atoms with van der Waals surface area (Å²) in [5.74, 6) is 0.319. The molecule has 2 unspecified atom stereocenters. The predicted molar refractivity (Wildman–Crippen MR) is 57.4 cm³/mol. The molecule has 2 atom stereocenters. The van der Waals surface area contributed by atoms with Crippen LogP contribution in [0.4, 0.5) is 0 Å². The van der Waals surface area contributed by atoms with Gasteiger partial charge >= 0.3 is 5.97 Å². The third-order valence-corrected chi connectivity index (χ3v) is 2.57. The maximum absolute atomic E-state index is 11.6. The van der Waals surface area contributed by atoms with Gasteiger partial charge in [0.2, 0.25) is 0 Å². The summed E-state index contributed by atoms with van der Waals surface area (Å²) in [7, 11) is 1.36. The zero-order chi connectivity index (χ0) is 11.7. The first-order chi connectivity index (χ1) is 7.63. The van der Waals surface area contributed by atoms with Gasteiger partial charge in [-0.15, -0.1) is 0 Å². The van der Waals surface area contributed by atoms with Gasteiger partial charge in [0.15, 0.2) is 6.29 Å². The number of carbonyl (C=O) groups excluding carboxylic acids is 1. The van der Waals surface area contributed by atoms with Crippen LogP contribution in [-0.4, -0.2) is 19.4 Å². The SMILES string of the molecule is COC(=O)c1cccc2c1C(C)OC(C)O2. The summed E-state index contributed by atoms with van der Waals surface area (Å²) in [4.78, 5) is 11.6. The van der Waals surface area contributed by atoms with Crippen molar-refractivity contribution in [1.29, 1.82) is 0 Å². The molecule has 0 amide bonds. The highest BCUT2D eigenvalue weighted by Crippen LogP contribution is 2.36. The number of esters is 1. The summed E-state index contributed by atoms with van der Waals surface area (Å²) in [6.45, 7) is 3.72. The largest absolute Gasteiger partial charge is 0.465 e. The maximum atomic E-state index is 11.6. The van der Waals surface area contributed by atoms with E-state index in [1.165, 1.54) is 7.11 Å². The fourth-order valence-electron chi connectivity index (χ4n) is 1.92. The zero-order valence-corrected chi connectivity index (χ0v) is 9.52. The number of carbonyl (C=O) groups is 1. The topological polar surface area (TPSA) is 44.8 Å². The Bertz CT molecular complexity index is 413. The lowest BCUT2D eigenvalue weighted by Gasteiger charge is -2.29. The molecule has 16 heavy (non-hydrogen) atoms. The maximum Gasteiger partial charge on any atom is 0.338 e. The Balaban J connectivity index is 2.50. The molecule has 1 heterocycles. The molecule has 0 spiro atoms. The van der Waals surface area contributed by atoms with E-state index in [4.69, 9.17) is 14.2 Å². The predicted octanol–water partition coefficient (Wildman–Crippen LogP) is 2.29. The number of fused-ring (bicyclic) bond motifs is 1. The van der Waals surface area contributed by atoms with Crippen LogP contribution in [0.1, 0.15) is 35.9 Å². The lowest BCUT2D eigenvalue weighted by molar-refractivity contribution is -0.123. The molecule has 0 aromatic heterocycles. The molecule has 1 aromatic carbocycles. The Morgan fingerprint density at radius 3 is 2.81 bits per heavy atom. The van der Waals surface area contributed by atoms with Gasteiger partial charge in [-0.25, -0.2) is 4.79 Å². The number of hydrogen-bond donors (Lipinski definition) is 0. The van der Waals surface area contributed by atoms with Gasteiger partial charge in [0.25, 0.3) is 0 Å². The van der Waals surface area contributed by atoms with E-state index in [2.05, 4.69) is 0 Å². The number of rotatable bonds is 1. The smallest absolute Gasteiger partial charge is 0.338 e. The molecule has 4 nitrogen and oxygen atoms in total. The summed E-state index contributed by atoms with van der Waals surface area (Å²) in [5, 5.41) is 0. The van der Waals surface area contributed by atoms with Crippen molar-refractivity contribution in [3.05, 3.63) is 29.3 Å². The normalized spacial score (nSPS) is 23.2. The number of methoxy groups -OCH3 is 1.